The van der Waals surface area contributed by atoms with Gasteiger partial charge in [-0.25, -0.2) is 14.1 Å². The van der Waals surface area contributed by atoms with Crippen molar-refractivity contribution >= 4 is 11.0 Å². The summed E-state index contributed by atoms with van der Waals surface area (Å²) in [7, 11) is 0. The van der Waals surface area contributed by atoms with Gasteiger partial charge >= 0.3 is 0 Å². The molecule has 0 radical (unpaired) electrons. The van der Waals surface area contributed by atoms with Gasteiger partial charge in [-0.1, -0.05) is 31.4 Å². The lowest BCUT2D eigenvalue weighted by atomic mass is 9.96. The number of aromatic nitrogens is 4. The van der Waals surface area contributed by atoms with Crippen LogP contribution in [0.1, 0.15) is 49.5 Å². The third kappa shape index (κ3) is 2.84. The van der Waals surface area contributed by atoms with Gasteiger partial charge in [0.1, 0.15) is 17.0 Å². The zero-order chi connectivity index (χ0) is 16.5. The molecule has 1 saturated carbocycles. The third-order valence-corrected chi connectivity index (χ3v) is 4.72. The topological polar surface area (TPSA) is 63.6 Å². The number of nitrogens with zero attached hydrogens (tertiary/aromatic N) is 3. The maximum absolute atomic E-state index is 13.0. The quantitative estimate of drug-likeness (QED) is 0.803. The number of fused-ring (bicyclic) bond motifs is 1. The summed E-state index contributed by atoms with van der Waals surface area (Å²) in [6, 6.07) is 6.57. The molecule has 0 unspecified atom stereocenters. The summed E-state index contributed by atoms with van der Waals surface area (Å²) < 4.78 is 14.9. The van der Waals surface area contributed by atoms with Crippen LogP contribution in [0.4, 0.5) is 4.39 Å². The van der Waals surface area contributed by atoms with Crippen molar-refractivity contribution in [2.45, 2.75) is 44.6 Å². The van der Waals surface area contributed by atoms with Crippen LogP contribution in [0.15, 0.2) is 35.3 Å². The number of nitrogens with one attached hydrogen (secondary N) is 1. The Morgan fingerprint density at radius 3 is 2.67 bits per heavy atom. The van der Waals surface area contributed by atoms with Crippen molar-refractivity contribution in [2.24, 2.45) is 0 Å². The summed E-state index contributed by atoms with van der Waals surface area (Å²) in [6.07, 6.45) is 7.88. The number of hydrogen-bond donors (Lipinski definition) is 1. The Morgan fingerprint density at radius 1 is 1.17 bits per heavy atom. The summed E-state index contributed by atoms with van der Waals surface area (Å²) >= 11 is 0. The van der Waals surface area contributed by atoms with Gasteiger partial charge in [-0.2, -0.15) is 5.10 Å². The molecule has 0 spiro atoms. The molecule has 2 heterocycles. The second kappa shape index (κ2) is 6.19. The van der Waals surface area contributed by atoms with Crippen LogP contribution in [0.2, 0.25) is 0 Å². The van der Waals surface area contributed by atoms with Gasteiger partial charge in [-0.05, 0) is 30.5 Å². The van der Waals surface area contributed by atoms with Crippen LogP contribution in [0.25, 0.3) is 11.0 Å². The molecule has 1 aliphatic rings. The Bertz CT molecular complexity index is 907. The fourth-order valence-electron chi connectivity index (χ4n) is 3.45. The minimum atomic E-state index is -0.272. The number of halogens is 1. The first kappa shape index (κ1) is 15.1. The Balaban J connectivity index is 1.71. The van der Waals surface area contributed by atoms with Crippen molar-refractivity contribution in [1.29, 1.82) is 0 Å². The number of H-pyrrole nitrogens is 1. The molecule has 4 rings (SSSR count). The van der Waals surface area contributed by atoms with E-state index >= 15 is 0 Å². The normalized spacial score (nSPS) is 15.9. The Kier molecular flexibility index (Phi) is 3.88. The molecule has 0 aliphatic heterocycles. The van der Waals surface area contributed by atoms with E-state index in [4.69, 9.17) is 0 Å². The Morgan fingerprint density at radius 2 is 1.92 bits per heavy atom. The molecule has 0 amide bonds. The van der Waals surface area contributed by atoms with Crippen LogP contribution in [-0.4, -0.2) is 19.7 Å². The van der Waals surface area contributed by atoms with Crippen molar-refractivity contribution in [1.82, 2.24) is 19.7 Å². The predicted molar refractivity (Wildman–Crippen MR) is 89.5 cm³/mol. The predicted octanol–water partition coefficient (Wildman–Crippen LogP) is 3.35. The van der Waals surface area contributed by atoms with E-state index in [-0.39, 0.29) is 11.4 Å². The smallest absolute Gasteiger partial charge is 0.262 e. The average Bonchev–Trinajstić information content (AvgIpc) is 3.02. The molecular formula is C18H19FN4O. The Hall–Kier alpha value is -2.50. The van der Waals surface area contributed by atoms with Crippen LogP contribution < -0.4 is 5.56 Å². The maximum Gasteiger partial charge on any atom is 0.262 e. The van der Waals surface area contributed by atoms with Crippen molar-refractivity contribution < 1.29 is 4.39 Å². The van der Waals surface area contributed by atoms with E-state index in [1.165, 1.54) is 31.4 Å². The lowest BCUT2D eigenvalue weighted by Gasteiger charge is -2.22. The molecule has 0 atom stereocenters. The third-order valence-electron chi connectivity index (χ3n) is 4.72. The van der Waals surface area contributed by atoms with Gasteiger partial charge in [0.15, 0.2) is 5.65 Å². The highest BCUT2D eigenvalue weighted by Crippen LogP contribution is 2.29. The van der Waals surface area contributed by atoms with E-state index < -0.39 is 0 Å². The Labute approximate surface area is 138 Å². The van der Waals surface area contributed by atoms with E-state index in [2.05, 4.69) is 15.1 Å². The lowest BCUT2D eigenvalue weighted by molar-refractivity contribution is 0.335. The van der Waals surface area contributed by atoms with Gasteiger partial charge in [0, 0.05) is 6.42 Å². The second-order valence-corrected chi connectivity index (χ2v) is 6.43. The maximum atomic E-state index is 13.0. The number of benzene rings is 1. The van der Waals surface area contributed by atoms with Gasteiger partial charge < -0.3 is 4.98 Å². The largest absolute Gasteiger partial charge is 0.310 e. The fraction of sp³-hybridized carbons (Fsp3) is 0.389. The summed E-state index contributed by atoms with van der Waals surface area (Å²) in [4.78, 5) is 19.8. The second-order valence-electron chi connectivity index (χ2n) is 6.43. The molecule has 1 N–H and O–H groups in total. The van der Waals surface area contributed by atoms with E-state index in [9.17, 15) is 9.18 Å². The molecule has 5 nitrogen and oxygen atoms in total. The molecule has 0 bridgehead atoms. The molecule has 0 saturated heterocycles. The van der Waals surface area contributed by atoms with Gasteiger partial charge in [-0.3, -0.25) is 4.79 Å². The van der Waals surface area contributed by atoms with Gasteiger partial charge in [0.05, 0.1) is 12.2 Å². The zero-order valence-corrected chi connectivity index (χ0v) is 13.3. The standard InChI is InChI=1S/C18H19FN4O/c19-13-8-6-12(7-9-13)10-16-21-17-15(18(24)22-16)11-20-23(17)14-4-2-1-3-5-14/h6-9,11,14H,1-5,10H2,(H,21,22,24). The lowest BCUT2D eigenvalue weighted by Crippen LogP contribution is -2.17. The number of rotatable bonds is 3. The van der Waals surface area contributed by atoms with E-state index in [0.29, 0.717) is 29.3 Å². The van der Waals surface area contributed by atoms with E-state index in [1.807, 2.05) is 4.68 Å². The van der Waals surface area contributed by atoms with Crippen LogP contribution in [0.5, 0.6) is 0 Å². The number of aromatic amines is 1. The monoisotopic (exact) mass is 326 g/mol. The van der Waals surface area contributed by atoms with Crippen molar-refractivity contribution in [3.8, 4) is 0 Å². The summed E-state index contributed by atoms with van der Waals surface area (Å²) in [6.45, 7) is 0. The molecule has 6 heteroatoms. The molecular weight excluding hydrogens is 307 g/mol. The molecule has 124 valence electrons. The van der Waals surface area contributed by atoms with E-state index in [0.717, 1.165) is 18.4 Å². The van der Waals surface area contributed by atoms with Crippen LogP contribution >= 0.6 is 0 Å². The van der Waals surface area contributed by atoms with Crippen molar-refractivity contribution in [2.75, 3.05) is 0 Å². The SMILES string of the molecule is O=c1[nH]c(Cc2ccc(F)cc2)nc2c1cnn2C1CCCCC1. The van der Waals surface area contributed by atoms with Crippen LogP contribution in [-0.2, 0) is 6.42 Å². The van der Waals surface area contributed by atoms with Crippen molar-refractivity contribution in [3.63, 3.8) is 0 Å². The summed E-state index contributed by atoms with van der Waals surface area (Å²) in [5.74, 6) is 0.308. The minimum absolute atomic E-state index is 0.167. The summed E-state index contributed by atoms with van der Waals surface area (Å²) in [5, 5.41) is 4.96. The highest BCUT2D eigenvalue weighted by molar-refractivity contribution is 5.73. The molecule has 1 aromatic carbocycles. The first-order valence-electron chi connectivity index (χ1n) is 8.41. The first-order chi connectivity index (χ1) is 11.7. The van der Waals surface area contributed by atoms with Crippen LogP contribution in [0.3, 0.4) is 0 Å². The molecule has 1 aliphatic carbocycles. The first-order valence-corrected chi connectivity index (χ1v) is 8.41. The van der Waals surface area contributed by atoms with Gasteiger partial charge in [0.25, 0.3) is 5.56 Å². The zero-order valence-electron chi connectivity index (χ0n) is 13.3. The minimum Gasteiger partial charge on any atom is -0.310 e. The molecule has 24 heavy (non-hydrogen) atoms. The molecule has 3 aromatic rings. The van der Waals surface area contributed by atoms with Crippen LogP contribution in [0, 0.1) is 5.82 Å². The molecule has 1 fully saturated rings. The molecule has 2 aromatic heterocycles. The van der Waals surface area contributed by atoms with Gasteiger partial charge in [-0.15, -0.1) is 0 Å². The van der Waals surface area contributed by atoms with Crippen molar-refractivity contribution in [3.05, 3.63) is 58.0 Å². The average molecular weight is 326 g/mol. The summed E-state index contributed by atoms with van der Waals surface area (Å²) in [5.41, 5.74) is 1.39. The number of hydrogen-bond acceptors (Lipinski definition) is 3. The highest BCUT2D eigenvalue weighted by Gasteiger charge is 2.20. The van der Waals surface area contributed by atoms with E-state index in [1.54, 1.807) is 18.3 Å². The highest BCUT2D eigenvalue weighted by atomic mass is 19.1. The van der Waals surface area contributed by atoms with Gasteiger partial charge in [0.2, 0.25) is 0 Å². The fourth-order valence-corrected chi connectivity index (χ4v) is 3.45.